The predicted octanol–water partition coefficient (Wildman–Crippen LogP) is 0.0162. The Morgan fingerprint density at radius 1 is 1.21 bits per heavy atom. The summed E-state index contributed by atoms with van der Waals surface area (Å²) in [5, 5.41) is 5.16. The summed E-state index contributed by atoms with van der Waals surface area (Å²) >= 11 is 0. The zero-order valence-electron chi connectivity index (χ0n) is 10.8. The summed E-state index contributed by atoms with van der Waals surface area (Å²) < 4.78 is 33.6. The molecule has 0 spiro atoms. The standard InChI is InChI=1S/C11H16N2O5S/c1-7-9(10(8(2)18-7)19(12,15)16)11(14)13-3-5-17-6-4-13/h3-6H2,1-2H3,(H2,12,15,16). The van der Waals surface area contributed by atoms with E-state index >= 15 is 0 Å². The number of hydrogen-bond acceptors (Lipinski definition) is 5. The molecule has 0 atom stereocenters. The van der Waals surface area contributed by atoms with Gasteiger partial charge in [-0.3, -0.25) is 4.79 Å². The van der Waals surface area contributed by atoms with E-state index in [9.17, 15) is 13.2 Å². The van der Waals surface area contributed by atoms with Gasteiger partial charge in [0.1, 0.15) is 22.0 Å². The molecular formula is C11H16N2O5S. The quantitative estimate of drug-likeness (QED) is 0.826. The first-order valence-electron chi connectivity index (χ1n) is 5.82. The largest absolute Gasteiger partial charge is 0.464 e. The normalized spacial score (nSPS) is 16.7. The smallest absolute Gasteiger partial charge is 0.258 e. The Morgan fingerprint density at radius 2 is 1.79 bits per heavy atom. The Morgan fingerprint density at radius 3 is 2.32 bits per heavy atom. The van der Waals surface area contributed by atoms with Crippen molar-refractivity contribution >= 4 is 15.9 Å². The van der Waals surface area contributed by atoms with Crippen LogP contribution in [0.5, 0.6) is 0 Å². The molecule has 19 heavy (non-hydrogen) atoms. The Hall–Kier alpha value is -1.38. The molecule has 1 aliphatic rings. The van der Waals surface area contributed by atoms with E-state index in [1.807, 2.05) is 0 Å². The van der Waals surface area contributed by atoms with Crippen LogP contribution in [0, 0.1) is 13.8 Å². The molecule has 0 radical (unpaired) electrons. The number of nitrogens with two attached hydrogens (primary N) is 1. The van der Waals surface area contributed by atoms with Crippen LogP contribution in [0.15, 0.2) is 9.31 Å². The van der Waals surface area contributed by atoms with E-state index in [1.54, 1.807) is 6.92 Å². The number of ether oxygens (including phenoxy) is 1. The van der Waals surface area contributed by atoms with Gasteiger partial charge in [-0.2, -0.15) is 0 Å². The van der Waals surface area contributed by atoms with Crippen molar-refractivity contribution in [3.05, 3.63) is 17.1 Å². The van der Waals surface area contributed by atoms with Crippen LogP contribution in [-0.2, 0) is 14.8 Å². The molecule has 7 nitrogen and oxygen atoms in total. The van der Waals surface area contributed by atoms with Crippen LogP contribution in [0.3, 0.4) is 0 Å². The maximum atomic E-state index is 12.4. The molecule has 0 unspecified atom stereocenters. The number of primary sulfonamides is 1. The van der Waals surface area contributed by atoms with Crippen molar-refractivity contribution in [2.45, 2.75) is 18.7 Å². The van der Waals surface area contributed by atoms with Crippen LogP contribution in [0.1, 0.15) is 21.9 Å². The summed E-state index contributed by atoms with van der Waals surface area (Å²) in [6.07, 6.45) is 0. The van der Waals surface area contributed by atoms with Crippen molar-refractivity contribution < 1.29 is 22.4 Å². The maximum absolute atomic E-state index is 12.4. The van der Waals surface area contributed by atoms with Crippen molar-refractivity contribution in [1.82, 2.24) is 4.90 Å². The van der Waals surface area contributed by atoms with Gasteiger partial charge in [-0.05, 0) is 13.8 Å². The molecule has 1 saturated heterocycles. The highest BCUT2D eigenvalue weighted by Gasteiger charge is 2.31. The van der Waals surface area contributed by atoms with Crippen LogP contribution in [0.25, 0.3) is 0 Å². The summed E-state index contributed by atoms with van der Waals surface area (Å²) in [6, 6.07) is 0. The van der Waals surface area contributed by atoms with Gasteiger partial charge in [-0.15, -0.1) is 0 Å². The molecule has 8 heteroatoms. The van der Waals surface area contributed by atoms with Crippen LogP contribution >= 0.6 is 0 Å². The molecule has 2 rings (SSSR count). The van der Waals surface area contributed by atoms with Crippen molar-refractivity contribution in [3.63, 3.8) is 0 Å². The Labute approximate surface area is 111 Å². The zero-order valence-corrected chi connectivity index (χ0v) is 11.6. The lowest BCUT2D eigenvalue weighted by Crippen LogP contribution is -2.41. The monoisotopic (exact) mass is 288 g/mol. The van der Waals surface area contributed by atoms with Crippen LogP contribution < -0.4 is 5.14 Å². The van der Waals surface area contributed by atoms with Gasteiger partial charge in [0.05, 0.1) is 13.2 Å². The fourth-order valence-corrected chi connectivity index (χ4v) is 3.14. The average Bonchev–Trinajstić information content (AvgIpc) is 2.64. The molecule has 0 saturated carbocycles. The topological polar surface area (TPSA) is 103 Å². The Kier molecular flexibility index (Phi) is 3.66. The number of aryl methyl sites for hydroxylation is 2. The predicted molar refractivity (Wildman–Crippen MR) is 66.3 cm³/mol. The molecule has 106 valence electrons. The fraction of sp³-hybridized carbons (Fsp3) is 0.545. The second-order valence-electron chi connectivity index (χ2n) is 4.37. The summed E-state index contributed by atoms with van der Waals surface area (Å²) in [7, 11) is -4.00. The molecule has 0 bridgehead atoms. The number of carbonyl (C=O) groups excluding carboxylic acids is 1. The number of sulfonamides is 1. The summed E-state index contributed by atoms with van der Waals surface area (Å²) in [4.78, 5) is 13.7. The first-order chi connectivity index (χ1) is 8.82. The minimum atomic E-state index is -4.00. The number of morpholine rings is 1. The Balaban J connectivity index is 2.47. The molecule has 1 aliphatic heterocycles. The van der Waals surface area contributed by atoms with E-state index in [0.717, 1.165) is 0 Å². The number of nitrogens with zero attached hydrogens (tertiary/aromatic N) is 1. The minimum absolute atomic E-state index is 0.0295. The lowest BCUT2D eigenvalue weighted by Gasteiger charge is -2.26. The van der Waals surface area contributed by atoms with Gasteiger partial charge in [0.25, 0.3) is 5.91 Å². The number of amides is 1. The molecule has 1 amide bonds. The highest BCUT2D eigenvalue weighted by molar-refractivity contribution is 7.89. The Bertz CT molecular complexity index is 599. The van der Waals surface area contributed by atoms with Crippen LogP contribution in [0.2, 0.25) is 0 Å². The van der Waals surface area contributed by atoms with E-state index in [4.69, 9.17) is 14.3 Å². The number of carbonyl (C=O) groups is 1. The molecule has 1 aromatic heterocycles. The van der Waals surface area contributed by atoms with Crippen LogP contribution in [-0.4, -0.2) is 45.5 Å². The maximum Gasteiger partial charge on any atom is 0.258 e. The second-order valence-corrected chi connectivity index (χ2v) is 5.87. The van der Waals surface area contributed by atoms with E-state index in [0.29, 0.717) is 26.3 Å². The molecule has 1 fully saturated rings. The van der Waals surface area contributed by atoms with E-state index in [1.165, 1.54) is 11.8 Å². The third kappa shape index (κ3) is 2.65. The number of hydrogen-bond donors (Lipinski definition) is 1. The summed E-state index contributed by atoms with van der Waals surface area (Å²) in [6.45, 7) is 4.75. The van der Waals surface area contributed by atoms with Crippen molar-refractivity contribution in [1.29, 1.82) is 0 Å². The van der Waals surface area contributed by atoms with Gasteiger partial charge in [-0.1, -0.05) is 0 Å². The molecule has 1 aromatic rings. The fourth-order valence-electron chi connectivity index (χ4n) is 2.18. The molecule has 2 N–H and O–H groups in total. The SMILES string of the molecule is Cc1oc(C)c(S(N)(=O)=O)c1C(=O)N1CCOCC1. The van der Waals surface area contributed by atoms with Gasteiger partial charge < -0.3 is 14.1 Å². The first-order valence-corrected chi connectivity index (χ1v) is 7.37. The van der Waals surface area contributed by atoms with E-state index in [2.05, 4.69) is 0 Å². The number of furan rings is 1. The van der Waals surface area contributed by atoms with Gasteiger partial charge in [0, 0.05) is 13.1 Å². The minimum Gasteiger partial charge on any atom is -0.464 e. The van der Waals surface area contributed by atoms with Crippen molar-refractivity contribution in [3.8, 4) is 0 Å². The third-order valence-corrected chi connectivity index (χ3v) is 4.06. The highest BCUT2D eigenvalue weighted by atomic mass is 32.2. The lowest BCUT2D eigenvalue weighted by atomic mass is 10.2. The molecular weight excluding hydrogens is 272 g/mol. The van der Waals surface area contributed by atoms with E-state index < -0.39 is 10.0 Å². The van der Waals surface area contributed by atoms with E-state index in [-0.39, 0.29) is 27.9 Å². The first kappa shape index (κ1) is 14.0. The van der Waals surface area contributed by atoms with Gasteiger partial charge in [0.15, 0.2) is 0 Å². The number of rotatable bonds is 2. The average molecular weight is 288 g/mol. The second kappa shape index (κ2) is 4.95. The van der Waals surface area contributed by atoms with Crippen LogP contribution in [0.4, 0.5) is 0 Å². The highest BCUT2D eigenvalue weighted by Crippen LogP contribution is 2.27. The third-order valence-electron chi connectivity index (χ3n) is 3.00. The van der Waals surface area contributed by atoms with Gasteiger partial charge in [0.2, 0.25) is 10.0 Å². The van der Waals surface area contributed by atoms with Gasteiger partial charge >= 0.3 is 0 Å². The lowest BCUT2D eigenvalue weighted by molar-refractivity contribution is 0.0299. The molecule has 2 heterocycles. The van der Waals surface area contributed by atoms with Gasteiger partial charge in [-0.25, -0.2) is 13.6 Å². The summed E-state index contributed by atoms with van der Waals surface area (Å²) in [5.41, 5.74) is 0.0295. The van der Waals surface area contributed by atoms with Crippen molar-refractivity contribution in [2.75, 3.05) is 26.3 Å². The summed E-state index contributed by atoms with van der Waals surface area (Å²) in [5.74, 6) is 0.0105. The molecule has 0 aromatic carbocycles. The zero-order chi connectivity index (χ0) is 14.2. The van der Waals surface area contributed by atoms with Crippen molar-refractivity contribution in [2.24, 2.45) is 5.14 Å². The molecule has 0 aliphatic carbocycles.